The van der Waals surface area contributed by atoms with Gasteiger partial charge in [-0.1, -0.05) is 12.1 Å². The summed E-state index contributed by atoms with van der Waals surface area (Å²) in [5.74, 6) is -3.00. The fourth-order valence-electron chi connectivity index (χ4n) is 3.26. The third-order valence-electron chi connectivity index (χ3n) is 4.90. The van der Waals surface area contributed by atoms with Crippen LogP contribution in [0.25, 0.3) is 0 Å². The van der Waals surface area contributed by atoms with E-state index in [0.29, 0.717) is 5.69 Å². The number of carbonyl (C=O) groups excluding carboxylic acids is 4. The summed E-state index contributed by atoms with van der Waals surface area (Å²) >= 11 is 0. The van der Waals surface area contributed by atoms with Crippen molar-refractivity contribution in [3.8, 4) is 0 Å². The molecule has 0 saturated carbocycles. The number of hydrogen-bond acceptors (Lipinski definition) is 5. The molecule has 1 saturated heterocycles. The molecule has 9 heteroatoms. The highest BCUT2D eigenvalue weighted by Gasteiger charge is 2.36. The van der Waals surface area contributed by atoms with Gasteiger partial charge >= 0.3 is 5.97 Å². The van der Waals surface area contributed by atoms with Crippen LogP contribution in [-0.2, 0) is 19.1 Å². The van der Waals surface area contributed by atoms with Gasteiger partial charge in [-0.2, -0.15) is 0 Å². The number of esters is 1. The monoisotopic (exact) mass is 427 g/mol. The first-order valence-corrected chi connectivity index (χ1v) is 9.61. The van der Waals surface area contributed by atoms with Gasteiger partial charge in [0.2, 0.25) is 11.8 Å². The van der Waals surface area contributed by atoms with E-state index in [-0.39, 0.29) is 36.7 Å². The first-order chi connectivity index (χ1) is 14.8. The van der Waals surface area contributed by atoms with Crippen LogP contribution >= 0.6 is 0 Å². The van der Waals surface area contributed by atoms with Crippen LogP contribution in [0.3, 0.4) is 0 Å². The van der Waals surface area contributed by atoms with Gasteiger partial charge in [0, 0.05) is 24.2 Å². The Morgan fingerprint density at radius 1 is 1.19 bits per heavy atom. The van der Waals surface area contributed by atoms with E-state index >= 15 is 0 Å². The molecular weight excluding hydrogens is 405 g/mol. The molecule has 2 aromatic carbocycles. The summed E-state index contributed by atoms with van der Waals surface area (Å²) in [7, 11) is 1.22. The molecule has 1 aliphatic rings. The van der Waals surface area contributed by atoms with E-state index < -0.39 is 29.5 Å². The van der Waals surface area contributed by atoms with Crippen molar-refractivity contribution in [1.29, 1.82) is 0 Å². The van der Waals surface area contributed by atoms with Crippen molar-refractivity contribution in [1.82, 2.24) is 5.32 Å². The van der Waals surface area contributed by atoms with Crippen LogP contribution in [0.4, 0.5) is 15.8 Å². The highest BCUT2D eigenvalue weighted by atomic mass is 19.1. The van der Waals surface area contributed by atoms with Crippen LogP contribution < -0.4 is 15.5 Å². The van der Waals surface area contributed by atoms with Crippen LogP contribution in [0.1, 0.15) is 22.3 Å². The highest BCUT2D eigenvalue weighted by molar-refractivity contribution is 6.04. The summed E-state index contributed by atoms with van der Waals surface area (Å²) < 4.78 is 18.7. The quantitative estimate of drug-likeness (QED) is 0.687. The molecule has 1 unspecified atom stereocenters. The number of aryl methyl sites for hydroxylation is 1. The first kappa shape index (κ1) is 21.9. The number of anilines is 2. The van der Waals surface area contributed by atoms with Gasteiger partial charge in [-0.15, -0.1) is 0 Å². The van der Waals surface area contributed by atoms with Gasteiger partial charge in [-0.25, -0.2) is 4.39 Å². The van der Waals surface area contributed by atoms with Gasteiger partial charge < -0.3 is 20.3 Å². The van der Waals surface area contributed by atoms with Crippen molar-refractivity contribution < 1.29 is 28.3 Å². The van der Waals surface area contributed by atoms with Gasteiger partial charge in [-0.3, -0.25) is 19.2 Å². The first-order valence-electron chi connectivity index (χ1n) is 9.61. The zero-order valence-corrected chi connectivity index (χ0v) is 17.1. The van der Waals surface area contributed by atoms with Crippen LogP contribution in [0.2, 0.25) is 0 Å². The number of nitrogens with zero attached hydrogens (tertiary/aromatic N) is 1. The van der Waals surface area contributed by atoms with E-state index in [1.807, 2.05) is 0 Å². The second-order valence-electron chi connectivity index (χ2n) is 7.19. The number of hydrogen-bond donors (Lipinski definition) is 2. The van der Waals surface area contributed by atoms with E-state index in [9.17, 15) is 23.6 Å². The number of benzene rings is 2. The minimum atomic E-state index is -0.662. The molecule has 3 rings (SSSR count). The molecule has 1 heterocycles. The minimum Gasteiger partial charge on any atom is -0.468 e. The largest absolute Gasteiger partial charge is 0.468 e. The fraction of sp³-hybridized carbons (Fsp3) is 0.273. The van der Waals surface area contributed by atoms with E-state index in [0.717, 1.165) is 5.56 Å². The summed E-state index contributed by atoms with van der Waals surface area (Å²) in [4.78, 5) is 49.6. The Morgan fingerprint density at radius 2 is 1.97 bits per heavy atom. The molecule has 2 N–H and O–H groups in total. The molecule has 0 radical (unpaired) electrons. The molecule has 1 fully saturated rings. The van der Waals surface area contributed by atoms with Gasteiger partial charge in [-0.05, 0) is 42.8 Å². The van der Waals surface area contributed by atoms with E-state index in [1.165, 1.54) is 36.3 Å². The Hall–Kier alpha value is -3.75. The molecule has 3 amide bonds. The zero-order chi connectivity index (χ0) is 22.5. The molecule has 0 bridgehead atoms. The van der Waals surface area contributed by atoms with Crippen molar-refractivity contribution in [3.05, 3.63) is 59.4 Å². The number of amides is 3. The Morgan fingerprint density at radius 3 is 2.68 bits per heavy atom. The second-order valence-corrected chi connectivity index (χ2v) is 7.19. The highest BCUT2D eigenvalue weighted by Crippen LogP contribution is 2.28. The summed E-state index contributed by atoms with van der Waals surface area (Å²) in [5.41, 5.74) is 1.49. The lowest BCUT2D eigenvalue weighted by Crippen LogP contribution is -2.30. The lowest BCUT2D eigenvalue weighted by atomic mass is 10.1. The molecule has 0 aliphatic carbocycles. The average Bonchev–Trinajstić information content (AvgIpc) is 3.13. The Labute approximate surface area is 178 Å². The topological polar surface area (TPSA) is 105 Å². The van der Waals surface area contributed by atoms with Crippen molar-refractivity contribution in [2.75, 3.05) is 30.4 Å². The number of rotatable bonds is 6. The average molecular weight is 427 g/mol. The molecular formula is C22H22FN3O5. The number of nitrogens with one attached hydrogen (secondary N) is 2. The van der Waals surface area contributed by atoms with Gasteiger partial charge in [0.25, 0.3) is 5.91 Å². The van der Waals surface area contributed by atoms with Crippen LogP contribution in [-0.4, -0.2) is 43.9 Å². The molecule has 8 nitrogen and oxygen atoms in total. The lowest BCUT2D eigenvalue weighted by molar-refractivity contribution is -0.139. The molecule has 162 valence electrons. The molecule has 1 aliphatic heterocycles. The minimum absolute atomic E-state index is 0.0432. The normalized spacial score (nSPS) is 15.5. The maximum atomic E-state index is 14.2. The molecule has 2 aromatic rings. The Bertz CT molecular complexity index is 1040. The fourth-order valence-corrected chi connectivity index (χ4v) is 3.26. The van der Waals surface area contributed by atoms with Gasteiger partial charge in [0.15, 0.2) is 0 Å². The molecule has 0 spiro atoms. The zero-order valence-electron chi connectivity index (χ0n) is 17.1. The van der Waals surface area contributed by atoms with Crippen LogP contribution in [0.15, 0.2) is 42.5 Å². The van der Waals surface area contributed by atoms with Crippen LogP contribution in [0.5, 0.6) is 0 Å². The van der Waals surface area contributed by atoms with E-state index in [4.69, 9.17) is 0 Å². The summed E-state index contributed by atoms with van der Waals surface area (Å²) in [5, 5.41) is 5.10. The molecule has 1 atom stereocenters. The van der Waals surface area contributed by atoms with E-state index in [1.54, 1.807) is 25.1 Å². The third kappa shape index (κ3) is 5.25. The van der Waals surface area contributed by atoms with Gasteiger partial charge in [0.05, 0.1) is 18.7 Å². The standard InChI is InChI=1S/C22H22FN3O5/c1-13-6-7-18(17(23)8-13)26-12-15(10-19(26)27)22(30)25-16-5-3-4-14(9-16)21(29)24-11-20(28)31-2/h3-9,15H,10-12H2,1-2H3,(H,24,29)(H,25,30). The lowest BCUT2D eigenvalue weighted by Gasteiger charge is -2.18. The van der Waals surface area contributed by atoms with Crippen LogP contribution in [0, 0.1) is 18.7 Å². The number of halogens is 1. The number of ether oxygens (including phenoxy) is 1. The van der Waals surface area contributed by atoms with Gasteiger partial charge in [0.1, 0.15) is 12.4 Å². The van der Waals surface area contributed by atoms with Crippen molar-refractivity contribution in [2.24, 2.45) is 5.92 Å². The third-order valence-corrected chi connectivity index (χ3v) is 4.90. The van der Waals surface area contributed by atoms with Crippen molar-refractivity contribution in [3.63, 3.8) is 0 Å². The molecule has 31 heavy (non-hydrogen) atoms. The second kappa shape index (κ2) is 9.38. The maximum absolute atomic E-state index is 14.2. The SMILES string of the molecule is COC(=O)CNC(=O)c1cccc(NC(=O)C2CC(=O)N(c3ccc(C)cc3F)C2)c1. The Balaban J connectivity index is 1.65. The number of methoxy groups -OCH3 is 1. The Kier molecular flexibility index (Phi) is 6.64. The predicted molar refractivity (Wildman–Crippen MR) is 111 cm³/mol. The predicted octanol–water partition coefficient (Wildman–Crippen LogP) is 2.03. The van der Waals surface area contributed by atoms with E-state index in [2.05, 4.69) is 15.4 Å². The molecule has 0 aromatic heterocycles. The summed E-state index contributed by atoms with van der Waals surface area (Å²) in [6, 6.07) is 10.7. The summed E-state index contributed by atoms with van der Waals surface area (Å²) in [6.07, 6.45) is -0.0432. The summed E-state index contributed by atoms with van der Waals surface area (Å²) in [6.45, 7) is 1.53. The number of carbonyl (C=O) groups is 4. The van der Waals surface area contributed by atoms with Crippen molar-refractivity contribution in [2.45, 2.75) is 13.3 Å². The van der Waals surface area contributed by atoms with Crippen molar-refractivity contribution >= 4 is 35.1 Å². The maximum Gasteiger partial charge on any atom is 0.325 e. The smallest absolute Gasteiger partial charge is 0.325 e.